The van der Waals surface area contributed by atoms with Crippen molar-refractivity contribution in [3.8, 4) is 5.75 Å². The zero-order valence-electron chi connectivity index (χ0n) is 20.0. The minimum Gasteiger partial charge on any atom is -0.504 e. The van der Waals surface area contributed by atoms with E-state index in [1.807, 2.05) is 10.8 Å². The molecule has 0 unspecified atom stereocenters. The second-order valence-corrected chi connectivity index (χ2v) is 10.0. The molecule has 30 heavy (non-hydrogen) atoms. The van der Waals surface area contributed by atoms with E-state index in [1.165, 1.54) is 51.1 Å². The Morgan fingerprint density at radius 2 is 1.43 bits per heavy atom. The Balaban J connectivity index is 1.65. The number of nitrogens with zero attached hydrogens (tertiary/aromatic N) is 2. The van der Waals surface area contributed by atoms with Gasteiger partial charge in [0.15, 0.2) is 11.6 Å². The Morgan fingerprint density at radius 1 is 0.900 bits per heavy atom. The number of hydrogen-bond donors (Lipinski definition) is 1. The van der Waals surface area contributed by atoms with Gasteiger partial charge in [-0.2, -0.15) is 0 Å². The third kappa shape index (κ3) is 5.56. The third-order valence-electron chi connectivity index (χ3n) is 7.44. The standard InChI is InChI=1S/C26H43FN2O/c1-19(2)26(20(3)4,21(5)6)15-12-10-8-7-9-11-13-16-29-17-14-22-24(27)23(30)18-28-25(22)29/h14,17-21,30H,7-13,15-16H2,1-6H3. The van der Waals surface area contributed by atoms with Crippen molar-refractivity contribution < 1.29 is 9.50 Å². The maximum Gasteiger partial charge on any atom is 0.177 e. The van der Waals surface area contributed by atoms with Crippen LogP contribution in [0.4, 0.5) is 4.39 Å². The molecule has 0 aliphatic carbocycles. The Hall–Kier alpha value is -1.58. The number of aromatic hydroxyl groups is 1. The van der Waals surface area contributed by atoms with Crippen molar-refractivity contribution in [2.45, 2.75) is 99.5 Å². The molecule has 4 heteroatoms. The van der Waals surface area contributed by atoms with Crippen LogP contribution in [0, 0.1) is 29.0 Å². The number of pyridine rings is 1. The quantitative estimate of drug-likeness (QED) is 0.335. The van der Waals surface area contributed by atoms with Crippen molar-refractivity contribution in [2.75, 3.05) is 0 Å². The van der Waals surface area contributed by atoms with E-state index in [2.05, 4.69) is 46.5 Å². The predicted molar refractivity (Wildman–Crippen MR) is 125 cm³/mol. The fourth-order valence-electron chi connectivity index (χ4n) is 5.74. The lowest BCUT2D eigenvalue weighted by Gasteiger charge is -2.45. The van der Waals surface area contributed by atoms with Gasteiger partial charge in [-0.1, -0.05) is 80.1 Å². The van der Waals surface area contributed by atoms with Crippen LogP contribution < -0.4 is 0 Å². The molecule has 1 N–H and O–H groups in total. The van der Waals surface area contributed by atoms with Crippen LogP contribution in [0.15, 0.2) is 18.5 Å². The van der Waals surface area contributed by atoms with Crippen LogP contribution in [-0.2, 0) is 6.54 Å². The summed E-state index contributed by atoms with van der Waals surface area (Å²) in [6.45, 7) is 15.3. The zero-order valence-corrected chi connectivity index (χ0v) is 20.0. The van der Waals surface area contributed by atoms with Gasteiger partial charge in [0.1, 0.15) is 5.65 Å². The van der Waals surface area contributed by atoms with Gasteiger partial charge in [-0.15, -0.1) is 0 Å². The predicted octanol–water partition coefficient (Wildman–Crippen LogP) is 7.96. The average molecular weight is 419 g/mol. The van der Waals surface area contributed by atoms with Crippen molar-refractivity contribution >= 4 is 11.0 Å². The molecule has 0 fully saturated rings. The molecule has 3 nitrogen and oxygen atoms in total. The highest BCUT2D eigenvalue weighted by atomic mass is 19.1. The van der Waals surface area contributed by atoms with Gasteiger partial charge >= 0.3 is 0 Å². The highest BCUT2D eigenvalue weighted by Crippen LogP contribution is 2.47. The highest BCUT2D eigenvalue weighted by Gasteiger charge is 2.39. The van der Waals surface area contributed by atoms with Crippen molar-refractivity contribution in [3.05, 3.63) is 24.3 Å². The Morgan fingerprint density at radius 3 is 2.00 bits per heavy atom. The summed E-state index contributed by atoms with van der Waals surface area (Å²) in [4.78, 5) is 4.18. The summed E-state index contributed by atoms with van der Waals surface area (Å²) >= 11 is 0. The molecule has 0 saturated heterocycles. The van der Waals surface area contributed by atoms with E-state index < -0.39 is 5.82 Å². The highest BCUT2D eigenvalue weighted by molar-refractivity contribution is 5.78. The number of aryl methyl sites for hydroxylation is 1. The molecule has 2 rings (SSSR count). The van der Waals surface area contributed by atoms with Crippen LogP contribution in [0.1, 0.15) is 92.9 Å². The monoisotopic (exact) mass is 418 g/mol. The van der Waals surface area contributed by atoms with Gasteiger partial charge in [-0.05, 0) is 42.1 Å². The molecule has 0 aliphatic rings. The van der Waals surface area contributed by atoms with E-state index in [4.69, 9.17) is 0 Å². The fourth-order valence-corrected chi connectivity index (χ4v) is 5.74. The lowest BCUT2D eigenvalue weighted by Crippen LogP contribution is -2.38. The van der Waals surface area contributed by atoms with Gasteiger partial charge in [0.25, 0.3) is 0 Å². The van der Waals surface area contributed by atoms with E-state index in [0.717, 1.165) is 30.7 Å². The molecule has 0 radical (unpaired) electrons. The Bertz CT molecular complexity index is 757. The summed E-state index contributed by atoms with van der Waals surface area (Å²) in [7, 11) is 0. The molecule has 2 heterocycles. The molecule has 0 aromatic carbocycles. The number of aromatic nitrogens is 2. The molecule has 0 spiro atoms. The van der Waals surface area contributed by atoms with Crippen LogP contribution in [-0.4, -0.2) is 14.7 Å². The van der Waals surface area contributed by atoms with Gasteiger partial charge in [0.2, 0.25) is 0 Å². The lowest BCUT2D eigenvalue weighted by molar-refractivity contribution is 0.0356. The summed E-state index contributed by atoms with van der Waals surface area (Å²) in [5.74, 6) is 1.24. The first-order chi connectivity index (χ1) is 14.2. The number of rotatable bonds is 13. The topological polar surface area (TPSA) is 38.0 Å². The molecule has 0 saturated carbocycles. The van der Waals surface area contributed by atoms with E-state index in [-0.39, 0.29) is 5.75 Å². The van der Waals surface area contributed by atoms with E-state index >= 15 is 0 Å². The summed E-state index contributed by atoms with van der Waals surface area (Å²) in [5.41, 5.74) is 1.08. The largest absolute Gasteiger partial charge is 0.504 e. The van der Waals surface area contributed by atoms with Crippen molar-refractivity contribution in [1.29, 1.82) is 0 Å². The fraction of sp³-hybridized carbons (Fsp3) is 0.731. The van der Waals surface area contributed by atoms with Crippen LogP contribution in [0.5, 0.6) is 5.75 Å². The second-order valence-electron chi connectivity index (χ2n) is 10.0. The van der Waals surface area contributed by atoms with Crippen LogP contribution in [0.25, 0.3) is 11.0 Å². The number of fused-ring (bicyclic) bond motifs is 1. The minimum absolute atomic E-state index is 0.382. The minimum atomic E-state index is -0.574. The lowest BCUT2D eigenvalue weighted by atomic mass is 9.60. The number of hydrogen-bond acceptors (Lipinski definition) is 2. The molecular formula is C26H43FN2O. The summed E-state index contributed by atoms with van der Waals surface area (Å²) < 4.78 is 15.9. The number of halogens is 1. The molecule has 2 aromatic rings. The van der Waals surface area contributed by atoms with Crippen LogP contribution in [0.2, 0.25) is 0 Å². The van der Waals surface area contributed by atoms with E-state index in [1.54, 1.807) is 6.07 Å². The smallest absolute Gasteiger partial charge is 0.177 e. The molecule has 2 aromatic heterocycles. The maximum absolute atomic E-state index is 13.9. The summed E-state index contributed by atoms with van der Waals surface area (Å²) in [6, 6.07) is 1.70. The van der Waals surface area contributed by atoms with E-state index in [0.29, 0.717) is 16.4 Å². The second kappa shape index (κ2) is 11.2. The van der Waals surface area contributed by atoms with Crippen LogP contribution >= 0.6 is 0 Å². The zero-order chi connectivity index (χ0) is 22.3. The van der Waals surface area contributed by atoms with Crippen molar-refractivity contribution in [3.63, 3.8) is 0 Å². The first-order valence-electron chi connectivity index (χ1n) is 12.0. The van der Waals surface area contributed by atoms with Crippen molar-refractivity contribution in [2.24, 2.45) is 23.2 Å². The van der Waals surface area contributed by atoms with Crippen LogP contribution in [0.3, 0.4) is 0 Å². The first kappa shape index (κ1) is 24.7. The Kier molecular flexibility index (Phi) is 9.18. The molecule has 0 atom stereocenters. The molecule has 0 amide bonds. The first-order valence-corrected chi connectivity index (χ1v) is 12.0. The average Bonchev–Trinajstić information content (AvgIpc) is 3.09. The summed E-state index contributed by atoms with van der Waals surface area (Å²) in [6.07, 6.45) is 13.2. The van der Waals surface area contributed by atoms with Crippen molar-refractivity contribution in [1.82, 2.24) is 9.55 Å². The molecule has 0 bridgehead atoms. The Labute approximate surface area is 183 Å². The van der Waals surface area contributed by atoms with E-state index in [9.17, 15) is 9.50 Å². The molecule has 0 aliphatic heterocycles. The van der Waals surface area contributed by atoms with Gasteiger partial charge in [0, 0.05) is 12.7 Å². The maximum atomic E-state index is 13.9. The molecule has 170 valence electrons. The normalized spacial score (nSPS) is 12.7. The number of unbranched alkanes of at least 4 members (excludes halogenated alkanes) is 6. The third-order valence-corrected chi connectivity index (χ3v) is 7.44. The van der Waals surface area contributed by atoms with Gasteiger partial charge in [-0.3, -0.25) is 0 Å². The summed E-state index contributed by atoms with van der Waals surface area (Å²) in [5, 5.41) is 9.84. The van der Waals surface area contributed by atoms with Gasteiger partial charge < -0.3 is 9.67 Å². The SMILES string of the molecule is CC(C)C(CCCCCCCCCn1ccc2c(F)c(O)cnc21)(C(C)C)C(C)C. The van der Waals surface area contributed by atoms with Gasteiger partial charge in [0.05, 0.1) is 11.6 Å². The molecular weight excluding hydrogens is 375 g/mol. The van der Waals surface area contributed by atoms with Gasteiger partial charge in [-0.25, -0.2) is 9.37 Å².